The summed E-state index contributed by atoms with van der Waals surface area (Å²) in [5, 5.41) is 12.3. The molecule has 0 radical (unpaired) electrons. The van der Waals surface area contributed by atoms with Gasteiger partial charge in [0, 0.05) is 31.5 Å². The van der Waals surface area contributed by atoms with Gasteiger partial charge in [0.15, 0.2) is 0 Å². The Kier molecular flexibility index (Phi) is 5.56. The molecule has 2 aromatic rings. The van der Waals surface area contributed by atoms with E-state index in [9.17, 15) is 9.90 Å². The van der Waals surface area contributed by atoms with Gasteiger partial charge < -0.3 is 10.4 Å². The molecule has 3 rings (SSSR count). The van der Waals surface area contributed by atoms with Crippen LogP contribution in [0.2, 0.25) is 0 Å². The maximum atomic E-state index is 12.3. The number of aryl methyl sites for hydroxylation is 1. The molecule has 0 saturated heterocycles. The number of hydrogen-bond acceptors (Lipinski definition) is 4. The van der Waals surface area contributed by atoms with E-state index in [0.717, 1.165) is 18.4 Å². The van der Waals surface area contributed by atoms with Crippen molar-refractivity contribution in [3.05, 3.63) is 65.5 Å². The van der Waals surface area contributed by atoms with Crippen molar-refractivity contribution >= 4 is 5.91 Å². The van der Waals surface area contributed by atoms with Crippen molar-refractivity contribution in [1.29, 1.82) is 0 Å². The number of aliphatic hydroxyl groups excluding tert-OH is 1. The lowest BCUT2D eigenvalue weighted by Gasteiger charge is -2.28. The summed E-state index contributed by atoms with van der Waals surface area (Å²) in [5.41, 5.74) is 3.61. The molecule has 0 aliphatic heterocycles. The fraction of sp³-hybridized carbons (Fsp3) is 0.368. The lowest BCUT2D eigenvalue weighted by Crippen LogP contribution is -2.40. The molecule has 0 unspecified atom stereocenters. The van der Waals surface area contributed by atoms with E-state index in [1.807, 2.05) is 18.2 Å². The van der Waals surface area contributed by atoms with Gasteiger partial charge in [0.2, 0.25) is 5.91 Å². The molecule has 0 saturated carbocycles. The summed E-state index contributed by atoms with van der Waals surface area (Å²) in [7, 11) is 0. The average molecular weight is 325 g/mol. The summed E-state index contributed by atoms with van der Waals surface area (Å²) in [4.78, 5) is 18.4. The summed E-state index contributed by atoms with van der Waals surface area (Å²) in [6.07, 6.45) is 5.49. The molecule has 1 atom stereocenters. The Hall–Kier alpha value is -2.24. The molecule has 1 amide bonds. The minimum Gasteiger partial charge on any atom is -0.395 e. The first-order valence-corrected chi connectivity index (χ1v) is 8.36. The summed E-state index contributed by atoms with van der Waals surface area (Å²) in [5.74, 6) is -0.0308. The predicted molar refractivity (Wildman–Crippen MR) is 92.2 cm³/mol. The molecule has 5 nitrogen and oxygen atoms in total. The quantitative estimate of drug-likeness (QED) is 0.813. The van der Waals surface area contributed by atoms with Gasteiger partial charge in [-0.15, -0.1) is 0 Å². The van der Waals surface area contributed by atoms with E-state index >= 15 is 0 Å². The Morgan fingerprint density at radius 1 is 1.29 bits per heavy atom. The van der Waals surface area contributed by atoms with Crippen LogP contribution in [0.25, 0.3) is 0 Å². The van der Waals surface area contributed by atoms with Crippen molar-refractivity contribution in [2.24, 2.45) is 0 Å². The third-order valence-corrected chi connectivity index (χ3v) is 4.49. The Bertz CT molecular complexity index is 675. The van der Waals surface area contributed by atoms with Gasteiger partial charge in [0.1, 0.15) is 0 Å². The molecule has 1 heterocycles. The monoisotopic (exact) mass is 325 g/mol. The average Bonchev–Trinajstić information content (AvgIpc) is 3.04. The summed E-state index contributed by atoms with van der Waals surface area (Å²) in [6, 6.07) is 12.4. The van der Waals surface area contributed by atoms with Gasteiger partial charge in [0.05, 0.1) is 13.2 Å². The van der Waals surface area contributed by atoms with Crippen molar-refractivity contribution in [1.82, 2.24) is 15.2 Å². The zero-order valence-electron chi connectivity index (χ0n) is 13.7. The summed E-state index contributed by atoms with van der Waals surface area (Å²) >= 11 is 0. The van der Waals surface area contributed by atoms with Gasteiger partial charge >= 0.3 is 0 Å². The fourth-order valence-corrected chi connectivity index (χ4v) is 3.33. The maximum absolute atomic E-state index is 12.3. The van der Waals surface area contributed by atoms with Crippen LogP contribution in [0.15, 0.2) is 48.8 Å². The molecule has 1 aromatic carbocycles. The van der Waals surface area contributed by atoms with E-state index < -0.39 is 0 Å². The molecule has 1 aromatic heterocycles. The smallest absolute Gasteiger partial charge is 0.234 e. The van der Waals surface area contributed by atoms with Crippen LogP contribution in [-0.2, 0) is 17.8 Å². The summed E-state index contributed by atoms with van der Waals surface area (Å²) in [6.45, 7) is 1.31. The topological polar surface area (TPSA) is 65.5 Å². The highest BCUT2D eigenvalue weighted by molar-refractivity contribution is 5.78. The van der Waals surface area contributed by atoms with Gasteiger partial charge in [0.25, 0.3) is 0 Å². The van der Waals surface area contributed by atoms with Gasteiger partial charge in [-0.3, -0.25) is 14.7 Å². The molecule has 0 bridgehead atoms. The number of amides is 1. The number of pyridine rings is 1. The molecule has 126 valence electrons. The van der Waals surface area contributed by atoms with Crippen LogP contribution in [0.1, 0.15) is 29.2 Å². The van der Waals surface area contributed by atoms with Crippen LogP contribution < -0.4 is 5.32 Å². The van der Waals surface area contributed by atoms with Crippen LogP contribution in [0.4, 0.5) is 0 Å². The normalized spacial score (nSPS) is 16.2. The SMILES string of the molecule is O=C(CN(CCO)[C@@H]1CCc2ccccc21)NCc1cccnc1. The van der Waals surface area contributed by atoms with Gasteiger partial charge in [-0.1, -0.05) is 30.3 Å². The third-order valence-electron chi connectivity index (χ3n) is 4.49. The van der Waals surface area contributed by atoms with E-state index in [2.05, 4.69) is 33.4 Å². The minimum absolute atomic E-state index is 0.0308. The van der Waals surface area contributed by atoms with E-state index in [0.29, 0.717) is 19.6 Å². The second-order valence-corrected chi connectivity index (χ2v) is 6.09. The van der Waals surface area contributed by atoms with Crippen molar-refractivity contribution in [3.63, 3.8) is 0 Å². The first-order chi connectivity index (χ1) is 11.8. The van der Waals surface area contributed by atoms with Gasteiger partial charge in [-0.05, 0) is 35.6 Å². The molecule has 0 spiro atoms. The number of fused-ring (bicyclic) bond motifs is 1. The van der Waals surface area contributed by atoms with Crippen molar-refractivity contribution in [2.45, 2.75) is 25.4 Å². The number of rotatable bonds is 7. The number of aliphatic hydroxyl groups is 1. The Morgan fingerprint density at radius 3 is 2.96 bits per heavy atom. The Balaban J connectivity index is 1.61. The van der Waals surface area contributed by atoms with Gasteiger partial charge in [-0.2, -0.15) is 0 Å². The number of hydrogen-bond donors (Lipinski definition) is 2. The second-order valence-electron chi connectivity index (χ2n) is 6.09. The van der Waals surface area contributed by atoms with Gasteiger partial charge in [-0.25, -0.2) is 0 Å². The highest BCUT2D eigenvalue weighted by Crippen LogP contribution is 2.35. The van der Waals surface area contributed by atoms with Crippen molar-refractivity contribution < 1.29 is 9.90 Å². The highest BCUT2D eigenvalue weighted by atomic mass is 16.3. The zero-order valence-corrected chi connectivity index (χ0v) is 13.7. The largest absolute Gasteiger partial charge is 0.395 e. The number of carbonyl (C=O) groups excluding carboxylic acids is 1. The standard InChI is InChI=1S/C19H23N3O2/c23-11-10-22(18-8-7-16-5-1-2-6-17(16)18)14-19(24)21-13-15-4-3-9-20-12-15/h1-6,9,12,18,23H,7-8,10-11,13-14H2,(H,21,24)/t18-/m1/s1. The first-order valence-electron chi connectivity index (χ1n) is 8.36. The number of benzene rings is 1. The van der Waals surface area contributed by atoms with Crippen LogP contribution in [-0.4, -0.2) is 40.6 Å². The molecular formula is C19H23N3O2. The lowest BCUT2D eigenvalue weighted by molar-refractivity contribution is -0.123. The molecule has 1 aliphatic carbocycles. The van der Waals surface area contributed by atoms with Crippen LogP contribution >= 0.6 is 0 Å². The van der Waals surface area contributed by atoms with Crippen LogP contribution in [0.5, 0.6) is 0 Å². The third kappa shape index (κ3) is 3.99. The molecule has 24 heavy (non-hydrogen) atoms. The number of carbonyl (C=O) groups is 1. The van der Waals surface area contributed by atoms with Crippen molar-refractivity contribution in [2.75, 3.05) is 19.7 Å². The zero-order chi connectivity index (χ0) is 16.8. The minimum atomic E-state index is -0.0308. The first kappa shape index (κ1) is 16.6. The fourth-order valence-electron chi connectivity index (χ4n) is 3.33. The predicted octanol–water partition coefficient (Wildman–Crippen LogP) is 1.68. The molecular weight excluding hydrogens is 302 g/mol. The van der Waals surface area contributed by atoms with E-state index in [4.69, 9.17) is 0 Å². The van der Waals surface area contributed by atoms with Crippen molar-refractivity contribution in [3.8, 4) is 0 Å². The number of nitrogens with one attached hydrogen (secondary N) is 1. The maximum Gasteiger partial charge on any atom is 0.234 e. The van der Waals surface area contributed by atoms with Crippen LogP contribution in [0.3, 0.4) is 0 Å². The lowest BCUT2D eigenvalue weighted by atomic mass is 10.1. The molecule has 2 N–H and O–H groups in total. The highest BCUT2D eigenvalue weighted by Gasteiger charge is 2.28. The number of aromatic nitrogens is 1. The Labute approximate surface area is 142 Å². The summed E-state index contributed by atoms with van der Waals surface area (Å²) < 4.78 is 0. The van der Waals surface area contributed by atoms with E-state index in [-0.39, 0.29) is 18.6 Å². The molecule has 0 fully saturated rings. The molecule has 5 heteroatoms. The Morgan fingerprint density at radius 2 is 2.17 bits per heavy atom. The second kappa shape index (κ2) is 8.04. The van der Waals surface area contributed by atoms with E-state index in [1.54, 1.807) is 12.4 Å². The van der Waals surface area contributed by atoms with Crippen LogP contribution in [0, 0.1) is 0 Å². The molecule has 1 aliphatic rings. The van der Waals surface area contributed by atoms with E-state index in [1.165, 1.54) is 11.1 Å². The number of nitrogens with zero attached hydrogens (tertiary/aromatic N) is 2.